The predicted molar refractivity (Wildman–Crippen MR) is 86.2 cm³/mol. The molecular formula is C18H14N2O4. The number of carbonyl (C=O) groups excluding carboxylic acids is 2. The van der Waals surface area contributed by atoms with Gasteiger partial charge >= 0.3 is 0 Å². The fourth-order valence-corrected chi connectivity index (χ4v) is 2.39. The van der Waals surface area contributed by atoms with Crippen LogP contribution in [0.1, 0.15) is 22.3 Å². The van der Waals surface area contributed by atoms with E-state index >= 15 is 0 Å². The summed E-state index contributed by atoms with van der Waals surface area (Å²) in [5.41, 5.74) is 1.08. The molecule has 1 aliphatic heterocycles. The molecule has 0 bridgehead atoms. The maximum Gasteiger partial charge on any atom is 0.238 e. The number of hydrogen-bond donors (Lipinski definition) is 1. The molecule has 0 fully saturated rings. The van der Waals surface area contributed by atoms with Gasteiger partial charge in [-0.3, -0.25) is 9.59 Å². The SMILES string of the molecule is N#CCC(=O)Nc1cc2c(cc1C(=O)c1ccccc1)OCCO2. The average Bonchev–Trinajstić information content (AvgIpc) is 2.61. The first-order chi connectivity index (χ1) is 11.7. The zero-order valence-corrected chi connectivity index (χ0v) is 12.7. The number of rotatable bonds is 4. The molecule has 2 aromatic carbocycles. The van der Waals surface area contributed by atoms with Gasteiger partial charge in [-0.1, -0.05) is 30.3 Å². The summed E-state index contributed by atoms with van der Waals surface area (Å²) < 4.78 is 11.0. The quantitative estimate of drug-likeness (QED) is 0.874. The molecule has 6 nitrogen and oxygen atoms in total. The van der Waals surface area contributed by atoms with Crippen LogP contribution in [0.4, 0.5) is 5.69 Å². The van der Waals surface area contributed by atoms with Gasteiger partial charge in [-0.25, -0.2) is 0 Å². The first-order valence-corrected chi connectivity index (χ1v) is 7.39. The molecule has 0 radical (unpaired) electrons. The third-order valence-corrected chi connectivity index (χ3v) is 3.48. The lowest BCUT2D eigenvalue weighted by Crippen LogP contribution is -2.18. The number of nitriles is 1. The summed E-state index contributed by atoms with van der Waals surface area (Å²) in [5.74, 6) is 0.174. The molecule has 2 aromatic rings. The fraction of sp³-hybridized carbons (Fsp3) is 0.167. The average molecular weight is 322 g/mol. The van der Waals surface area contributed by atoms with E-state index in [1.165, 1.54) is 0 Å². The number of ether oxygens (including phenoxy) is 2. The van der Waals surface area contributed by atoms with E-state index in [1.807, 2.05) is 6.07 Å². The normalized spacial score (nSPS) is 12.1. The zero-order valence-electron chi connectivity index (χ0n) is 12.7. The van der Waals surface area contributed by atoms with Crippen molar-refractivity contribution in [3.63, 3.8) is 0 Å². The van der Waals surface area contributed by atoms with E-state index in [-0.39, 0.29) is 17.8 Å². The Morgan fingerprint density at radius 3 is 2.42 bits per heavy atom. The number of carbonyl (C=O) groups is 2. The highest BCUT2D eigenvalue weighted by atomic mass is 16.6. The zero-order chi connectivity index (χ0) is 16.9. The summed E-state index contributed by atoms with van der Waals surface area (Å²) in [6.45, 7) is 0.788. The molecule has 0 aromatic heterocycles. The number of nitrogens with zero attached hydrogens (tertiary/aromatic N) is 1. The maximum atomic E-state index is 12.8. The van der Waals surface area contributed by atoms with Crippen molar-refractivity contribution in [2.24, 2.45) is 0 Å². The first-order valence-electron chi connectivity index (χ1n) is 7.39. The standard InChI is InChI=1S/C18H14N2O4/c19-7-6-17(21)20-14-11-16-15(23-8-9-24-16)10-13(14)18(22)12-4-2-1-3-5-12/h1-5,10-11H,6,8-9H2,(H,20,21). The van der Waals surface area contributed by atoms with Crippen molar-refractivity contribution in [2.75, 3.05) is 18.5 Å². The maximum absolute atomic E-state index is 12.8. The van der Waals surface area contributed by atoms with Gasteiger partial charge in [-0.05, 0) is 6.07 Å². The van der Waals surface area contributed by atoms with Crippen LogP contribution in [0.25, 0.3) is 0 Å². The minimum Gasteiger partial charge on any atom is -0.486 e. The lowest BCUT2D eigenvalue weighted by molar-refractivity contribution is -0.115. The van der Waals surface area contributed by atoms with Gasteiger partial charge in [0.2, 0.25) is 5.91 Å². The molecule has 0 unspecified atom stereocenters. The Bertz CT molecular complexity index is 825. The number of amides is 1. The molecule has 0 saturated heterocycles. The van der Waals surface area contributed by atoms with Crippen LogP contribution >= 0.6 is 0 Å². The fourth-order valence-electron chi connectivity index (χ4n) is 2.39. The lowest BCUT2D eigenvalue weighted by Gasteiger charge is -2.21. The van der Waals surface area contributed by atoms with Crippen molar-refractivity contribution in [1.29, 1.82) is 5.26 Å². The van der Waals surface area contributed by atoms with Crippen LogP contribution in [0.3, 0.4) is 0 Å². The highest BCUT2D eigenvalue weighted by Crippen LogP contribution is 2.36. The van der Waals surface area contributed by atoms with E-state index in [0.29, 0.717) is 36.0 Å². The molecular weight excluding hydrogens is 308 g/mol. The Kier molecular flexibility index (Phi) is 4.43. The van der Waals surface area contributed by atoms with Gasteiger partial charge in [-0.2, -0.15) is 5.26 Å². The predicted octanol–water partition coefficient (Wildman–Crippen LogP) is 2.54. The van der Waals surface area contributed by atoms with E-state index < -0.39 is 5.91 Å². The molecule has 120 valence electrons. The van der Waals surface area contributed by atoms with Gasteiger partial charge in [0, 0.05) is 11.6 Å². The number of nitrogens with one attached hydrogen (secondary N) is 1. The molecule has 0 saturated carbocycles. The summed E-state index contributed by atoms with van der Waals surface area (Å²) in [5, 5.41) is 11.2. The van der Waals surface area contributed by atoms with Gasteiger partial charge in [0.25, 0.3) is 0 Å². The van der Waals surface area contributed by atoms with Crippen LogP contribution in [0.2, 0.25) is 0 Å². The van der Waals surface area contributed by atoms with Crippen LogP contribution in [-0.4, -0.2) is 24.9 Å². The van der Waals surface area contributed by atoms with Gasteiger partial charge in [-0.15, -0.1) is 0 Å². The Hall–Kier alpha value is -3.33. The third kappa shape index (κ3) is 3.20. The number of anilines is 1. The number of fused-ring (bicyclic) bond motifs is 1. The lowest BCUT2D eigenvalue weighted by atomic mass is 10.0. The molecule has 1 N–H and O–H groups in total. The van der Waals surface area contributed by atoms with E-state index in [9.17, 15) is 9.59 Å². The van der Waals surface area contributed by atoms with E-state index in [0.717, 1.165) is 0 Å². The van der Waals surface area contributed by atoms with Crippen LogP contribution in [0.5, 0.6) is 11.5 Å². The highest BCUT2D eigenvalue weighted by Gasteiger charge is 2.21. The highest BCUT2D eigenvalue weighted by molar-refractivity contribution is 6.14. The van der Waals surface area contributed by atoms with Gasteiger partial charge in [0.05, 0.1) is 17.3 Å². The molecule has 6 heteroatoms. The molecule has 1 heterocycles. The van der Waals surface area contributed by atoms with Crippen molar-refractivity contribution in [3.8, 4) is 17.6 Å². The largest absolute Gasteiger partial charge is 0.486 e. The second-order valence-electron chi connectivity index (χ2n) is 5.12. The molecule has 0 spiro atoms. The Balaban J connectivity index is 2.03. The Morgan fingerprint density at radius 2 is 1.75 bits per heavy atom. The molecule has 1 amide bonds. The number of hydrogen-bond acceptors (Lipinski definition) is 5. The summed E-state index contributed by atoms with van der Waals surface area (Å²) >= 11 is 0. The van der Waals surface area contributed by atoms with Crippen molar-refractivity contribution in [1.82, 2.24) is 0 Å². The second-order valence-corrected chi connectivity index (χ2v) is 5.12. The topological polar surface area (TPSA) is 88.4 Å². The van der Waals surface area contributed by atoms with Crippen LogP contribution in [-0.2, 0) is 4.79 Å². The summed E-state index contributed by atoms with van der Waals surface area (Å²) in [6.07, 6.45) is -0.298. The van der Waals surface area contributed by atoms with Gasteiger partial charge in [0.15, 0.2) is 17.3 Å². The number of ketones is 1. The summed E-state index contributed by atoms with van der Waals surface area (Å²) in [4.78, 5) is 24.6. The van der Waals surface area contributed by atoms with Gasteiger partial charge < -0.3 is 14.8 Å². The number of benzene rings is 2. The van der Waals surface area contributed by atoms with E-state index in [1.54, 1.807) is 42.5 Å². The van der Waals surface area contributed by atoms with Crippen LogP contribution in [0.15, 0.2) is 42.5 Å². The Labute approximate surface area is 138 Å². The summed E-state index contributed by atoms with van der Waals surface area (Å²) in [7, 11) is 0. The van der Waals surface area contributed by atoms with Gasteiger partial charge in [0.1, 0.15) is 19.6 Å². The molecule has 1 aliphatic rings. The molecule has 0 aliphatic carbocycles. The Morgan fingerprint density at radius 1 is 1.08 bits per heavy atom. The monoisotopic (exact) mass is 322 g/mol. The second kappa shape index (κ2) is 6.84. The third-order valence-electron chi connectivity index (χ3n) is 3.48. The molecule has 24 heavy (non-hydrogen) atoms. The summed E-state index contributed by atoms with van der Waals surface area (Å²) in [6, 6.07) is 13.6. The van der Waals surface area contributed by atoms with Crippen LogP contribution < -0.4 is 14.8 Å². The minimum atomic E-state index is -0.490. The molecule has 3 rings (SSSR count). The van der Waals surface area contributed by atoms with Crippen molar-refractivity contribution < 1.29 is 19.1 Å². The van der Waals surface area contributed by atoms with E-state index in [4.69, 9.17) is 14.7 Å². The van der Waals surface area contributed by atoms with Crippen LogP contribution in [0, 0.1) is 11.3 Å². The van der Waals surface area contributed by atoms with E-state index in [2.05, 4.69) is 5.32 Å². The molecule has 0 atom stereocenters. The minimum absolute atomic E-state index is 0.250. The first kappa shape index (κ1) is 15.6. The van der Waals surface area contributed by atoms with Crippen molar-refractivity contribution in [2.45, 2.75) is 6.42 Å². The van der Waals surface area contributed by atoms with Crippen molar-refractivity contribution in [3.05, 3.63) is 53.6 Å². The van der Waals surface area contributed by atoms with Crippen molar-refractivity contribution >= 4 is 17.4 Å². The smallest absolute Gasteiger partial charge is 0.238 e.